The lowest BCUT2D eigenvalue weighted by Gasteiger charge is -2.43. The molecule has 1 aliphatic rings. The minimum absolute atomic E-state index is 0.144. The highest BCUT2D eigenvalue weighted by atomic mass is 19.1. The monoisotopic (exact) mass is 264 g/mol. The van der Waals surface area contributed by atoms with E-state index in [1.54, 1.807) is 18.2 Å². The van der Waals surface area contributed by atoms with E-state index in [0.29, 0.717) is 18.4 Å². The Balaban J connectivity index is 2.31. The van der Waals surface area contributed by atoms with Crippen LogP contribution < -0.4 is 5.73 Å². The van der Waals surface area contributed by atoms with Gasteiger partial charge < -0.3 is 10.6 Å². The number of primary amides is 1. The van der Waals surface area contributed by atoms with Gasteiger partial charge in [-0.1, -0.05) is 24.6 Å². The van der Waals surface area contributed by atoms with E-state index < -0.39 is 11.3 Å². The van der Waals surface area contributed by atoms with Gasteiger partial charge in [-0.2, -0.15) is 0 Å². The van der Waals surface area contributed by atoms with Crippen LogP contribution in [-0.2, 0) is 15.0 Å². The van der Waals surface area contributed by atoms with Gasteiger partial charge in [0.25, 0.3) is 0 Å². The van der Waals surface area contributed by atoms with Crippen LogP contribution in [0.5, 0.6) is 0 Å². The molecule has 0 aliphatic heterocycles. The number of hydrogen-bond acceptors (Lipinski definition) is 2. The molecule has 0 aromatic heterocycles. The maximum atomic E-state index is 13.9. The molecule has 0 unspecified atom stereocenters. The van der Waals surface area contributed by atoms with E-state index in [0.717, 1.165) is 6.42 Å². The summed E-state index contributed by atoms with van der Waals surface area (Å²) in [5, 5.41) is 0. The van der Waals surface area contributed by atoms with Crippen molar-refractivity contribution < 1.29 is 14.0 Å². The number of rotatable bonds is 4. The van der Waals surface area contributed by atoms with E-state index in [9.17, 15) is 14.0 Å². The third-order valence-electron chi connectivity index (χ3n) is 3.75. The molecule has 1 saturated carbocycles. The summed E-state index contributed by atoms with van der Waals surface area (Å²) in [6, 6.07) is 6.32. The minimum Gasteiger partial charge on any atom is -0.368 e. The molecular weight excluding hydrogens is 247 g/mol. The fourth-order valence-electron chi connectivity index (χ4n) is 2.65. The third-order valence-corrected chi connectivity index (χ3v) is 3.75. The summed E-state index contributed by atoms with van der Waals surface area (Å²) in [7, 11) is 1.52. The molecule has 2 rings (SSSR count). The number of carbonyl (C=O) groups excluding carboxylic acids is 2. The van der Waals surface area contributed by atoms with Gasteiger partial charge in [0.2, 0.25) is 11.8 Å². The molecule has 1 aromatic carbocycles. The van der Waals surface area contributed by atoms with E-state index in [2.05, 4.69) is 0 Å². The first-order valence-corrected chi connectivity index (χ1v) is 6.26. The Hall–Kier alpha value is -1.91. The molecule has 0 atom stereocenters. The average molecular weight is 264 g/mol. The molecule has 0 heterocycles. The summed E-state index contributed by atoms with van der Waals surface area (Å²) in [6.07, 6.45) is 2.09. The zero-order valence-electron chi connectivity index (χ0n) is 10.9. The van der Waals surface area contributed by atoms with Crippen molar-refractivity contribution in [2.75, 3.05) is 13.6 Å². The topological polar surface area (TPSA) is 63.4 Å². The Labute approximate surface area is 111 Å². The van der Waals surface area contributed by atoms with E-state index >= 15 is 0 Å². The van der Waals surface area contributed by atoms with Crippen molar-refractivity contribution >= 4 is 11.8 Å². The number of likely N-dealkylation sites (N-methyl/N-ethyl adjacent to an activating group) is 1. The van der Waals surface area contributed by atoms with Crippen molar-refractivity contribution in [3.05, 3.63) is 35.6 Å². The van der Waals surface area contributed by atoms with Gasteiger partial charge in [-0.25, -0.2) is 4.39 Å². The van der Waals surface area contributed by atoms with Crippen molar-refractivity contribution in [2.24, 2.45) is 5.73 Å². The Morgan fingerprint density at radius 3 is 2.47 bits per heavy atom. The molecule has 0 saturated heterocycles. The van der Waals surface area contributed by atoms with Crippen LogP contribution in [0.4, 0.5) is 4.39 Å². The number of benzene rings is 1. The molecule has 2 amide bonds. The Morgan fingerprint density at radius 1 is 1.37 bits per heavy atom. The van der Waals surface area contributed by atoms with E-state index in [1.165, 1.54) is 18.0 Å². The van der Waals surface area contributed by atoms with Gasteiger partial charge in [0.05, 0.1) is 12.0 Å². The van der Waals surface area contributed by atoms with Crippen molar-refractivity contribution in [2.45, 2.75) is 24.7 Å². The van der Waals surface area contributed by atoms with E-state index in [4.69, 9.17) is 5.73 Å². The lowest BCUT2D eigenvalue weighted by Crippen LogP contribution is -2.51. The molecular formula is C14H17FN2O2. The standard InChI is InChI=1S/C14H17FN2O2/c1-17(9-12(16)18)13(19)14(7-4-8-14)10-5-2-3-6-11(10)15/h2-3,5-6H,4,7-9H2,1H3,(H2,16,18). The first-order valence-electron chi connectivity index (χ1n) is 6.26. The first kappa shape index (κ1) is 13.5. The normalized spacial score (nSPS) is 16.5. The fourth-order valence-corrected chi connectivity index (χ4v) is 2.65. The van der Waals surface area contributed by atoms with Gasteiger partial charge in [0.1, 0.15) is 5.82 Å². The van der Waals surface area contributed by atoms with Crippen LogP contribution in [0, 0.1) is 5.82 Å². The van der Waals surface area contributed by atoms with Crippen molar-refractivity contribution in [3.8, 4) is 0 Å². The van der Waals surface area contributed by atoms with Gasteiger partial charge >= 0.3 is 0 Å². The van der Waals surface area contributed by atoms with Gasteiger partial charge in [-0.05, 0) is 18.9 Å². The van der Waals surface area contributed by atoms with Gasteiger partial charge in [0.15, 0.2) is 0 Å². The maximum absolute atomic E-state index is 13.9. The van der Waals surface area contributed by atoms with Crippen LogP contribution in [0.15, 0.2) is 24.3 Å². The second-order valence-corrected chi connectivity index (χ2v) is 5.04. The van der Waals surface area contributed by atoms with Gasteiger partial charge in [-0.15, -0.1) is 0 Å². The molecule has 0 radical (unpaired) electrons. The molecule has 0 spiro atoms. The summed E-state index contributed by atoms with van der Waals surface area (Å²) in [6.45, 7) is -0.144. The summed E-state index contributed by atoms with van der Waals surface area (Å²) in [5.41, 5.74) is 4.69. The largest absolute Gasteiger partial charge is 0.368 e. The lowest BCUT2D eigenvalue weighted by atomic mass is 9.63. The van der Waals surface area contributed by atoms with Crippen LogP contribution in [0.2, 0.25) is 0 Å². The van der Waals surface area contributed by atoms with E-state index in [1.807, 2.05) is 0 Å². The second kappa shape index (κ2) is 4.99. The molecule has 0 bridgehead atoms. The van der Waals surface area contributed by atoms with Crippen LogP contribution in [0.3, 0.4) is 0 Å². The van der Waals surface area contributed by atoms with Crippen LogP contribution in [0.25, 0.3) is 0 Å². The summed E-state index contributed by atoms with van der Waals surface area (Å²) in [5.74, 6) is -1.18. The number of halogens is 1. The summed E-state index contributed by atoms with van der Waals surface area (Å²) < 4.78 is 13.9. The third kappa shape index (κ3) is 2.32. The highest BCUT2D eigenvalue weighted by Gasteiger charge is 2.48. The van der Waals surface area contributed by atoms with Crippen molar-refractivity contribution in [1.82, 2.24) is 4.90 Å². The van der Waals surface area contributed by atoms with Crippen LogP contribution in [-0.4, -0.2) is 30.3 Å². The Morgan fingerprint density at radius 2 is 2.00 bits per heavy atom. The predicted octanol–water partition coefficient (Wildman–Crippen LogP) is 1.19. The zero-order chi connectivity index (χ0) is 14.0. The molecule has 102 valence electrons. The number of amides is 2. The predicted molar refractivity (Wildman–Crippen MR) is 68.8 cm³/mol. The van der Waals surface area contributed by atoms with Crippen molar-refractivity contribution in [3.63, 3.8) is 0 Å². The highest BCUT2D eigenvalue weighted by molar-refractivity contribution is 5.92. The minimum atomic E-state index is -0.824. The Kier molecular flexibility index (Phi) is 3.55. The number of nitrogens with zero attached hydrogens (tertiary/aromatic N) is 1. The van der Waals surface area contributed by atoms with Crippen LogP contribution >= 0.6 is 0 Å². The van der Waals surface area contributed by atoms with Gasteiger partial charge in [0, 0.05) is 12.6 Å². The maximum Gasteiger partial charge on any atom is 0.237 e. The summed E-state index contributed by atoms with van der Waals surface area (Å²) in [4.78, 5) is 24.7. The molecule has 1 fully saturated rings. The quantitative estimate of drug-likeness (QED) is 0.888. The Bertz CT molecular complexity index is 512. The average Bonchev–Trinajstić information content (AvgIpc) is 2.29. The molecule has 5 heteroatoms. The van der Waals surface area contributed by atoms with Crippen molar-refractivity contribution in [1.29, 1.82) is 0 Å². The summed E-state index contributed by atoms with van der Waals surface area (Å²) >= 11 is 0. The molecule has 19 heavy (non-hydrogen) atoms. The highest BCUT2D eigenvalue weighted by Crippen LogP contribution is 2.45. The SMILES string of the molecule is CN(CC(N)=O)C(=O)C1(c2ccccc2F)CCC1. The number of carbonyl (C=O) groups is 2. The fraction of sp³-hybridized carbons (Fsp3) is 0.429. The number of hydrogen-bond donors (Lipinski definition) is 1. The molecule has 2 N–H and O–H groups in total. The van der Waals surface area contributed by atoms with Crippen LogP contribution in [0.1, 0.15) is 24.8 Å². The smallest absolute Gasteiger partial charge is 0.237 e. The van der Waals surface area contributed by atoms with E-state index in [-0.39, 0.29) is 18.3 Å². The second-order valence-electron chi connectivity index (χ2n) is 5.04. The number of nitrogens with two attached hydrogens (primary N) is 1. The molecule has 1 aliphatic carbocycles. The lowest BCUT2D eigenvalue weighted by molar-refractivity contribution is -0.142. The first-order chi connectivity index (χ1) is 8.97. The zero-order valence-corrected chi connectivity index (χ0v) is 10.9. The van der Waals surface area contributed by atoms with Gasteiger partial charge in [-0.3, -0.25) is 9.59 Å². The molecule has 4 nitrogen and oxygen atoms in total. The molecule has 1 aromatic rings.